The van der Waals surface area contributed by atoms with E-state index in [1.807, 2.05) is 43.0 Å². The molecular formula is C20H24F3N3O. The fourth-order valence-electron chi connectivity index (χ4n) is 3.43. The van der Waals surface area contributed by atoms with Gasteiger partial charge in [0.1, 0.15) is 11.7 Å². The largest absolute Gasteiger partial charge is 0.474 e. The van der Waals surface area contributed by atoms with Gasteiger partial charge in [-0.25, -0.2) is 4.98 Å². The first-order valence-electron chi connectivity index (χ1n) is 9.40. The number of para-hydroxylation sites is 1. The normalized spacial score (nSPS) is 15.1. The molecule has 1 saturated carbocycles. The van der Waals surface area contributed by atoms with Crippen molar-refractivity contribution in [1.82, 2.24) is 9.97 Å². The van der Waals surface area contributed by atoms with Crippen molar-refractivity contribution in [3.8, 4) is 5.88 Å². The number of ether oxygens (including phenoxy) is 1. The Morgan fingerprint density at radius 1 is 1.15 bits per heavy atom. The van der Waals surface area contributed by atoms with Gasteiger partial charge in [0.25, 0.3) is 0 Å². The molecule has 1 aromatic carbocycles. The summed E-state index contributed by atoms with van der Waals surface area (Å²) in [5, 5.41) is 0. The van der Waals surface area contributed by atoms with Gasteiger partial charge < -0.3 is 9.64 Å². The van der Waals surface area contributed by atoms with Crippen LogP contribution < -0.4 is 9.64 Å². The van der Waals surface area contributed by atoms with Crippen molar-refractivity contribution in [2.24, 2.45) is 0 Å². The second-order valence-electron chi connectivity index (χ2n) is 6.64. The van der Waals surface area contributed by atoms with Crippen LogP contribution in [-0.2, 0) is 12.6 Å². The Bertz CT molecular complexity index is 773. The zero-order valence-corrected chi connectivity index (χ0v) is 15.6. The molecule has 0 unspecified atom stereocenters. The summed E-state index contributed by atoms with van der Waals surface area (Å²) in [7, 11) is 0. The highest BCUT2D eigenvalue weighted by Crippen LogP contribution is 2.38. The quantitative estimate of drug-likeness (QED) is 0.661. The second-order valence-corrected chi connectivity index (χ2v) is 6.64. The number of aryl methyl sites for hydroxylation is 1. The van der Waals surface area contributed by atoms with Gasteiger partial charge in [0.15, 0.2) is 0 Å². The van der Waals surface area contributed by atoms with Gasteiger partial charge in [0.05, 0.1) is 0 Å². The fourth-order valence-corrected chi connectivity index (χ4v) is 3.43. The lowest BCUT2D eigenvalue weighted by Crippen LogP contribution is -2.23. The van der Waals surface area contributed by atoms with Crippen molar-refractivity contribution in [3.05, 3.63) is 41.6 Å². The van der Waals surface area contributed by atoms with E-state index in [0.29, 0.717) is 6.54 Å². The van der Waals surface area contributed by atoms with E-state index in [-0.39, 0.29) is 17.9 Å². The van der Waals surface area contributed by atoms with E-state index in [1.165, 1.54) is 0 Å². The molecule has 3 rings (SSSR count). The summed E-state index contributed by atoms with van der Waals surface area (Å²) in [4.78, 5) is 10.0. The number of halogens is 3. The van der Waals surface area contributed by atoms with Gasteiger partial charge in [-0.05, 0) is 50.7 Å². The summed E-state index contributed by atoms with van der Waals surface area (Å²) in [6.07, 6.45) is 0.323. The third-order valence-electron chi connectivity index (χ3n) is 4.85. The highest BCUT2D eigenvalue weighted by molar-refractivity contribution is 5.62. The van der Waals surface area contributed by atoms with Gasteiger partial charge in [-0.15, -0.1) is 0 Å². The van der Waals surface area contributed by atoms with Crippen LogP contribution in [0.3, 0.4) is 0 Å². The highest BCUT2D eigenvalue weighted by atomic mass is 19.4. The molecule has 0 aliphatic heterocycles. The first-order chi connectivity index (χ1) is 12.9. The maximum absolute atomic E-state index is 13.4. The minimum atomic E-state index is -4.55. The molecule has 0 bridgehead atoms. The Balaban J connectivity index is 2.01. The molecule has 0 radical (unpaired) electrons. The molecule has 7 heteroatoms. The average Bonchev–Trinajstić information content (AvgIpc) is 3.15. The first kappa shape index (κ1) is 19.5. The molecule has 0 spiro atoms. The molecule has 4 nitrogen and oxygen atoms in total. The number of nitrogens with zero attached hydrogens (tertiary/aromatic N) is 3. The van der Waals surface area contributed by atoms with Gasteiger partial charge in [-0.1, -0.05) is 25.1 Å². The molecule has 146 valence electrons. The predicted octanol–water partition coefficient (Wildman–Crippen LogP) is 5.54. The molecule has 0 amide bonds. The highest BCUT2D eigenvalue weighted by Gasteiger charge is 2.37. The van der Waals surface area contributed by atoms with Gasteiger partial charge >= 0.3 is 6.18 Å². The molecule has 1 aliphatic carbocycles. The number of rotatable bonds is 6. The van der Waals surface area contributed by atoms with Crippen LogP contribution in [0.2, 0.25) is 0 Å². The van der Waals surface area contributed by atoms with Gasteiger partial charge in [0, 0.05) is 18.4 Å². The van der Waals surface area contributed by atoms with E-state index in [0.717, 1.165) is 49.6 Å². The van der Waals surface area contributed by atoms with Crippen LogP contribution in [0.15, 0.2) is 30.5 Å². The van der Waals surface area contributed by atoms with E-state index in [9.17, 15) is 13.2 Å². The molecule has 0 atom stereocenters. The van der Waals surface area contributed by atoms with Crippen molar-refractivity contribution in [2.45, 2.75) is 58.2 Å². The summed E-state index contributed by atoms with van der Waals surface area (Å²) in [6, 6.07) is 7.77. The SMILES string of the molecule is CCc1ccccc1N(CC)c1ncc(C(F)(F)F)c(OC2CCCC2)n1. The second kappa shape index (κ2) is 8.15. The number of hydrogen-bond acceptors (Lipinski definition) is 4. The molecular weight excluding hydrogens is 355 g/mol. The van der Waals surface area contributed by atoms with Gasteiger partial charge in [-0.3, -0.25) is 0 Å². The monoisotopic (exact) mass is 379 g/mol. The van der Waals surface area contributed by atoms with E-state index in [1.54, 1.807) is 0 Å². The van der Waals surface area contributed by atoms with Crippen LogP contribution in [0.5, 0.6) is 5.88 Å². The zero-order valence-electron chi connectivity index (χ0n) is 15.6. The van der Waals surface area contributed by atoms with E-state index < -0.39 is 11.7 Å². The summed E-state index contributed by atoms with van der Waals surface area (Å²) >= 11 is 0. The maximum Gasteiger partial charge on any atom is 0.423 e. The van der Waals surface area contributed by atoms with Crippen molar-refractivity contribution < 1.29 is 17.9 Å². The van der Waals surface area contributed by atoms with Crippen molar-refractivity contribution in [1.29, 1.82) is 0 Å². The summed E-state index contributed by atoms with van der Waals surface area (Å²) in [5.41, 5.74) is 1.06. The van der Waals surface area contributed by atoms with Crippen LogP contribution in [0.4, 0.5) is 24.8 Å². The number of benzene rings is 1. The Morgan fingerprint density at radius 3 is 2.48 bits per heavy atom. The lowest BCUT2D eigenvalue weighted by atomic mass is 10.1. The Labute approximate surface area is 157 Å². The zero-order chi connectivity index (χ0) is 19.4. The van der Waals surface area contributed by atoms with Crippen molar-refractivity contribution >= 4 is 11.6 Å². The molecule has 1 heterocycles. The molecule has 0 N–H and O–H groups in total. The summed E-state index contributed by atoms with van der Waals surface area (Å²) < 4.78 is 45.9. The minimum absolute atomic E-state index is 0.216. The van der Waals surface area contributed by atoms with Gasteiger partial charge in [-0.2, -0.15) is 18.2 Å². The standard InChI is InChI=1S/C20H24F3N3O/c1-3-14-9-5-8-12-17(14)26(4-2)19-24-13-16(20(21,22)23)18(25-19)27-15-10-6-7-11-15/h5,8-9,12-13,15H,3-4,6-7,10-11H2,1-2H3. The van der Waals surface area contributed by atoms with E-state index in [2.05, 4.69) is 9.97 Å². The molecule has 1 aliphatic rings. The maximum atomic E-state index is 13.4. The Kier molecular flexibility index (Phi) is 5.87. The minimum Gasteiger partial charge on any atom is -0.474 e. The lowest BCUT2D eigenvalue weighted by molar-refractivity contribution is -0.139. The van der Waals surface area contributed by atoms with Crippen LogP contribution in [0.25, 0.3) is 0 Å². The van der Waals surface area contributed by atoms with E-state index >= 15 is 0 Å². The molecule has 1 aromatic heterocycles. The predicted molar refractivity (Wildman–Crippen MR) is 98.4 cm³/mol. The van der Waals surface area contributed by atoms with Crippen LogP contribution in [0.1, 0.15) is 50.7 Å². The number of anilines is 2. The number of hydrogen-bond donors (Lipinski definition) is 0. The summed E-state index contributed by atoms with van der Waals surface area (Å²) in [5.74, 6) is -0.147. The molecule has 27 heavy (non-hydrogen) atoms. The van der Waals surface area contributed by atoms with Crippen LogP contribution in [0, 0.1) is 0 Å². The third kappa shape index (κ3) is 4.34. The Hall–Kier alpha value is -2.31. The topological polar surface area (TPSA) is 38.2 Å². The van der Waals surface area contributed by atoms with Crippen LogP contribution >= 0.6 is 0 Å². The number of alkyl halides is 3. The third-order valence-corrected chi connectivity index (χ3v) is 4.85. The molecule has 2 aromatic rings. The first-order valence-corrected chi connectivity index (χ1v) is 9.40. The smallest absolute Gasteiger partial charge is 0.423 e. The van der Waals surface area contributed by atoms with Crippen molar-refractivity contribution in [2.75, 3.05) is 11.4 Å². The molecule has 0 saturated heterocycles. The average molecular weight is 379 g/mol. The van der Waals surface area contributed by atoms with Crippen molar-refractivity contribution in [3.63, 3.8) is 0 Å². The van der Waals surface area contributed by atoms with Gasteiger partial charge in [0.2, 0.25) is 11.8 Å². The fraction of sp³-hybridized carbons (Fsp3) is 0.500. The lowest BCUT2D eigenvalue weighted by Gasteiger charge is -2.25. The molecule has 1 fully saturated rings. The number of aromatic nitrogens is 2. The van der Waals surface area contributed by atoms with E-state index in [4.69, 9.17) is 4.74 Å². The summed E-state index contributed by atoms with van der Waals surface area (Å²) in [6.45, 7) is 4.49. The Morgan fingerprint density at radius 2 is 1.85 bits per heavy atom. The van der Waals surface area contributed by atoms with Crippen LogP contribution in [-0.4, -0.2) is 22.6 Å².